The molecule has 0 unspecified atom stereocenters. The Morgan fingerprint density at radius 3 is 1.73 bits per heavy atom. The monoisotopic (exact) mass is 669 g/mol. The molecule has 264 valence electrons. The molecule has 0 fully saturated rings. The molecule has 13 nitrogen and oxygen atoms in total. The molecule has 0 saturated carbocycles. The number of amides is 4. The van der Waals surface area contributed by atoms with Crippen LogP contribution < -0.4 is 26.6 Å². The van der Waals surface area contributed by atoms with Crippen LogP contribution in [0.1, 0.15) is 52.7 Å². The van der Waals surface area contributed by atoms with Crippen molar-refractivity contribution in [3.8, 4) is 0 Å². The van der Waals surface area contributed by atoms with E-state index in [0.717, 1.165) is 11.1 Å². The number of hydrogen-bond donors (Lipinski definition) is 6. The smallest absolute Gasteiger partial charge is 0.408 e. The van der Waals surface area contributed by atoms with Gasteiger partial charge in [0, 0.05) is 6.54 Å². The fraction of sp³-hybridized carbons (Fsp3) is 0.514. The van der Waals surface area contributed by atoms with Crippen LogP contribution in [-0.2, 0) is 41.7 Å². The Balaban J connectivity index is 2.01. The van der Waals surface area contributed by atoms with E-state index in [2.05, 4.69) is 26.6 Å². The van der Waals surface area contributed by atoms with Crippen molar-refractivity contribution in [1.82, 2.24) is 26.6 Å². The Bertz CT molecular complexity index is 1320. The summed E-state index contributed by atoms with van der Waals surface area (Å²) in [5.41, 5.74) is 1.65. The molecule has 0 radical (unpaired) electrons. The standard InChI is InChI=1S/C35H51N5O8/c1-21(2)29(33(44)40-30(22(3)4)34(45)47-7)39-31(42)23(5)36-19-28(41)27(18-25-14-10-8-11-15-25)38-32(43)24(6)37-35(46)48-20-26-16-12-9-13-17-26/h8-17,21-24,27-30,36,41H,18-20H2,1-7H3,(H,37,46)(H,38,43)(H,39,42)(H,40,44)/t23-,24+,27+,28+,29+,30+/m1/s1. The van der Waals surface area contributed by atoms with E-state index in [1.54, 1.807) is 34.6 Å². The summed E-state index contributed by atoms with van der Waals surface area (Å²) in [5, 5.41) is 24.9. The molecule has 13 heteroatoms. The van der Waals surface area contributed by atoms with Crippen molar-refractivity contribution in [2.75, 3.05) is 13.7 Å². The van der Waals surface area contributed by atoms with Gasteiger partial charge >= 0.3 is 12.1 Å². The van der Waals surface area contributed by atoms with E-state index in [4.69, 9.17) is 9.47 Å². The molecule has 4 amide bonds. The third-order valence-corrected chi connectivity index (χ3v) is 7.72. The molecule has 0 heterocycles. The summed E-state index contributed by atoms with van der Waals surface area (Å²) < 4.78 is 10.0. The van der Waals surface area contributed by atoms with Crippen LogP contribution in [0, 0.1) is 11.8 Å². The molecule has 0 aliphatic rings. The van der Waals surface area contributed by atoms with Crippen LogP contribution in [-0.4, -0.2) is 84.9 Å². The van der Waals surface area contributed by atoms with Crippen molar-refractivity contribution in [3.63, 3.8) is 0 Å². The van der Waals surface area contributed by atoms with Crippen LogP contribution in [0.4, 0.5) is 4.79 Å². The van der Waals surface area contributed by atoms with Crippen molar-refractivity contribution in [2.24, 2.45) is 11.8 Å². The van der Waals surface area contributed by atoms with Crippen molar-refractivity contribution in [3.05, 3.63) is 71.8 Å². The average molecular weight is 670 g/mol. The van der Waals surface area contributed by atoms with Crippen molar-refractivity contribution in [2.45, 2.75) is 90.9 Å². The third kappa shape index (κ3) is 13.3. The number of aliphatic hydroxyl groups excluding tert-OH is 1. The number of hydrogen-bond acceptors (Lipinski definition) is 9. The third-order valence-electron chi connectivity index (χ3n) is 7.72. The largest absolute Gasteiger partial charge is 0.467 e. The number of nitrogens with one attached hydrogen (secondary N) is 5. The summed E-state index contributed by atoms with van der Waals surface area (Å²) >= 11 is 0. The van der Waals surface area contributed by atoms with E-state index in [-0.39, 0.29) is 31.4 Å². The van der Waals surface area contributed by atoms with E-state index < -0.39 is 66.1 Å². The lowest BCUT2D eigenvalue weighted by molar-refractivity contribution is -0.146. The predicted molar refractivity (Wildman–Crippen MR) is 180 cm³/mol. The van der Waals surface area contributed by atoms with Gasteiger partial charge in [-0.05, 0) is 43.2 Å². The lowest BCUT2D eigenvalue weighted by atomic mass is 9.99. The molecule has 2 aromatic carbocycles. The van der Waals surface area contributed by atoms with Gasteiger partial charge in [-0.1, -0.05) is 88.4 Å². The quantitative estimate of drug-likeness (QED) is 0.129. The fourth-order valence-corrected chi connectivity index (χ4v) is 4.68. The highest BCUT2D eigenvalue weighted by Crippen LogP contribution is 2.10. The van der Waals surface area contributed by atoms with Gasteiger partial charge in [0.1, 0.15) is 24.7 Å². The van der Waals surface area contributed by atoms with Crippen LogP contribution >= 0.6 is 0 Å². The van der Waals surface area contributed by atoms with E-state index in [9.17, 15) is 29.1 Å². The molecule has 0 aliphatic carbocycles. The summed E-state index contributed by atoms with van der Waals surface area (Å²) in [7, 11) is 1.24. The molecule has 2 rings (SSSR count). The van der Waals surface area contributed by atoms with E-state index in [1.807, 2.05) is 60.7 Å². The summed E-state index contributed by atoms with van der Waals surface area (Å²) in [4.78, 5) is 63.7. The summed E-state index contributed by atoms with van der Waals surface area (Å²) in [5.74, 6) is -2.66. The Hall–Kier alpha value is -4.49. The lowest BCUT2D eigenvalue weighted by Crippen LogP contribution is -2.58. The Morgan fingerprint density at radius 1 is 0.667 bits per heavy atom. The first-order valence-electron chi connectivity index (χ1n) is 16.1. The number of benzene rings is 2. The first-order valence-corrected chi connectivity index (χ1v) is 16.1. The molecule has 48 heavy (non-hydrogen) atoms. The first-order chi connectivity index (χ1) is 22.7. The zero-order valence-corrected chi connectivity index (χ0v) is 28.8. The maximum Gasteiger partial charge on any atom is 0.408 e. The summed E-state index contributed by atoms with van der Waals surface area (Å²) in [6.07, 6.45) is -1.63. The molecular formula is C35H51N5O8. The van der Waals surface area contributed by atoms with Crippen molar-refractivity contribution < 1.29 is 38.6 Å². The first kappa shape index (κ1) is 39.7. The normalized spacial score (nSPS) is 14.9. The molecule has 6 atom stereocenters. The van der Waals surface area contributed by atoms with Gasteiger partial charge in [-0.15, -0.1) is 0 Å². The van der Waals surface area contributed by atoms with Crippen LogP contribution in [0.15, 0.2) is 60.7 Å². The van der Waals surface area contributed by atoms with E-state index in [0.29, 0.717) is 0 Å². The molecule has 0 spiro atoms. The zero-order chi connectivity index (χ0) is 35.8. The second kappa shape index (κ2) is 20.0. The number of esters is 1. The minimum Gasteiger partial charge on any atom is -0.467 e. The van der Waals surface area contributed by atoms with Gasteiger partial charge in [0.2, 0.25) is 17.7 Å². The number of ether oxygens (including phenoxy) is 2. The Labute approximate surface area is 282 Å². The molecule has 0 aliphatic heterocycles. The van der Waals surface area contributed by atoms with Gasteiger partial charge < -0.3 is 41.2 Å². The van der Waals surface area contributed by atoms with E-state index >= 15 is 0 Å². The highest BCUT2D eigenvalue weighted by atomic mass is 16.5. The highest BCUT2D eigenvalue weighted by Gasteiger charge is 2.32. The zero-order valence-electron chi connectivity index (χ0n) is 28.8. The maximum atomic E-state index is 13.1. The van der Waals surface area contributed by atoms with Gasteiger partial charge in [-0.25, -0.2) is 9.59 Å². The average Bonchev–Trinajstić information content (AvgIpc) is 3.06. The molecule has 0 saturated heterocycles. The Morgan fingerprint density at radius 2 is 1.19 bits per heavy atom. The molecule has 0 bridgehead atoms. The molecule has 6 N–H and O–H groups in total. The van der Waals surface area contributed by atoms with Gasteiger partial charge in [0.15, 0.2) is 0 Å². The van der Waals surface area contributed by atoms with Gasteiger partial charge in [0.25, 0.3) is 0 Å². The fourth-order valence-electron chi connectivity index (χ4n) is 4.68. The van der Waals surface area contributed by atoms with Crippen LogP contribution in [0.3, 0.4) is 0 Å². The second-order valence-electron chi connectivity index (χ2n) is 12.4. The Kier molecular flexibility index (Phi) is 16.5. The minimum atomic E-state index is -1.14. The number of methoxy groups -OCH3 is 1. The predicted octanol–water partition coefficient (Wildman–Crippen LogP) is 1.82. The van der Waals surface area contributed by atoms with Crippen LogP contribution in [0.2, 0.25) is 0 Å². The number of carbonyl (C=O) groups excluding carboxylic acids is 5. The lowest BCUT2D eigenvalue weighted by Gasteiger charge is -2.29. The minimum absolute atomic E-state index is 0.0440. The van der Waals surface area contributed by atoms with Crippen molar-refractivity contribution in [1.29, 1.82) is 0 Å². The molecular weight excluding hydrogens is 618 g/mol. The number of rotatable bonds is 18. The van der Waals surface area contributed by atoms with Gasteiger partial charge in [0.05, 0.1) is 25.3 Å². The van der Waals surface area contributed by atoms with Gasteiger partial charge in [-0.2, -0.15) is 0 Å². The maximum absolute atomic E-state index is 13.1. The van der Waals surface area contributed by atoms with Gasteiger partial charge in [-0.3, -0.25) is 14.4 Å². The topological polar surface area (TPSA) is 184 Å². The SMILES string of the molecule is COC(=O)[C@@H](NC(=O)[C@@H](NC(=O)[C@@H](C)NC[C@H](O)[C@H](Cc1ccccc1)NC(=O)[C@H](C)NC(=O)OCc1ccccc1)C(C)C)C(C)C. The number of aliphatic hydroxyl groups is 1. The van der Waals surface area contributed by atoms with Crippen LogP contribution in [0.5, 0.6) is 0 Å². The highest BCUT2D eigenvalue weighted by molar-refractivity contribution is 5.92. The van der Waals surface area contributed by atoms with E-state index in [1.165, 1.54) is 14.0 Å². The number of carbonyl (C=O) groups is 5. The van der Waals surface area contributed by atoms with Crippen LogP contribution in [0.25, 0.3) is 0 Å². The second-order valence-corrected chi connectivity index (χ2v) is 12.4. The van der Waals surface area contributed by atoms with Crippen molar-refractivity contribution >= 4 is 29.8 Å². The summed E-state index contributed by atoms with van der Waals surface area (Å²) in [6, 6.07) is 14.0. The molecule has 0 aromatic heterocycles. The molecule has 2 aromatic rings. The number of alkyl carbamates (subject to hydrolysis) is 1. The summed E-state index contributed by atoms with van der Waals surface area (Å²) in [6.45, 7) is 10.1.